The zero-order valence-corrected chi connectivity index (χ0v) is 16.6. The Morgan fingerprint density at radius 1 is 1.23 bits per heavy atom. The van der Waals surface area contributed by atoms with Gasteiger partial charge in [-0.3, -0.25) is 14.9 Å². The lowest BCUT2D eigenvalue weighted by atomic mass is 10.1. The number of aromatic nitrogens is 2. The van der Waals surface area contributed by atoms with Crippen molar-refractivity contribution in [3.8, 4) is 17.4 Å². The minimum atomic E-state index is -0.507. The average molecular weight is 421 g/mol. The second kappa shape index (κ2) is 8.66. The van der Waals surface area contributed by atoms with Gasteiger partial charge in [0.1, 0.15) is 5.75 Å². The van der Waals surface area contributed by atoms with Crippen molar-refractivity contribution in [2.24, 2.45) is 0 Å². The Labute approximate surface area is 177 Å². The number of nitro groups is 1. The fourth-order valence-electron chi connectivity index (χ4n) is 3.29. The number of carbonyl (C=O) groups excluding carboxylic acids is 1. The zero-order chi connectivity index (χ0) is 21.8. The van der Waals surface area contributed by atoms with E-state index in [0.29, 0.717) is 35.8 Å². The molecule has 10 nitrogen and oxygen atoms in total. The molecule has 0 spiro atoms. The van der Waals surface area contributed by atoms with E-state index in [1.54, 1.807) is 41.4 Å². The third-order valence-corrected chi connectivity index (χ3v) is 4.76. The van der Waals surface area contributed by atoms with Crippen molar-refractivity contribution in [1.82, 2.24) is 14.9 Å². The number of nitro benzene ring substituents is 1. The number of anilines is 1. The Balaban J connectivity index is 1.68. The molecule has 1 aliphatic rings. The Morgan fingerprint density at radius 3 is 2.84 bits per heavy atom. The number of benzene rings is 2. The van der Waals surface area contributed by atoms with Gasteiger partial charge in [-0.2, -0.15) is 0 Å². The van der Waals surface area contributed by atoms with Gasteiger partial charge in [-0.25, -0.2) is 9.97 Å². The van der Waals surface area contributed by atoms with Gasteiger partial charge in [0.25, 0.3) is 11.8 Å². The first kappa shape index (κ1) is 20.1. The van der Waals surface area contributed by atoms with Gasteiger partial charge in [-0.1, -0.05) is 18.2 Å². The smallest absolute Gasteiger partial charge is 0.311 e. The van der Waals surface area contributed by atoms with Crippen molar-refractivity contribution < 1.29 is 19.2 Å². The Morgan fingerprint density at radius 2 is 2.03 bits per heavy atom. The molecule has 10 heteroatoms. The molecule has 0 saturated heterocycles. The highest BCUT2D eigenvalue weighted by Gasteiger charge is 2.24. The molecule has 31 heavy (non-hydrogen) atoms. The molecule has 2 aromatic carbocycles. The molecule has 0 bridgehead atoms. The van der Waals surface area contributed by atoms with Gasteiger partial charge < -0.3 is 19.7 Å². The van der Waals surface area contributed by atoms with E-state index in [0.717, 1.165) is 0 Å². The summed E-state index contributed by atoms with van der Waals surface area (Å²) in [6.45, 7) is 0.900. The fraction of sp³-hybridized carbons (Fsp3) is 0.190. The van der Waals surface area contributed by atoms with Crippen LogP contribution in [0.3, 0.4) is 0 Å². The summed E-state index contributed by atoms with van der Waals surface area (Å²) in [6, 6.07) is 11.5. The molecule has 1 N–H and O–H groups in total. The summed E-state index contributed by atoms with van der Waals surface area (Å²) >= 11 is 0. The summed E-state index contributed by atoms with van der Waals surface area (Å²) in [6.07, 6.45) is 3.06. The van der Waals surface area contributed by atoms with Gasteiger partial charge in [0.15, 0.2) is 11.6 Å². The van der Waals surface area contributed by atoms with Crippen LogP contribution in [0, 0.1) is 10.1 Å². The maximum atomic E-state index is 13.3. The van der Waals surface area contributed by atoms with Gasteiger partial charge >= 0.3 is 5.69 Å². The normalized spacial score (nSPS) is 13.3. The lowest BCUT2D eigenvalue weighted by Crippen LogP contribution is -2.35. The van der Waals surface area contributed by atoms with Crippen molar-refractivity contribution >= 4 is 17.4 Å². The summed E-state index contributed by atoms with van der Waals surface area (Å²) in [5, 5.41) is 14.5. The monoisotopic (exact) mass is 421 g/mol. The van der Waals surface area contributed by atoms with Crippen LogP contribution in [0.25, 0.3) is 0 Å². The van der Waals surface area contributed by atoms with E-state index < -0.39 is 4.92 Å². The second-order valence-corrected chi connectivity index (χ2v) is 6.73. The molecule has 1 aliphatic heterocycles. The molecule has 3 aromatic rings. The van der Waals surface area contributed by atoms with Crippen LogP contribution in [-0.4, -0.2) is 45.9 Å². The Kier molecular flexibility index (Phi) is 5.61. The van der Waals surface area contributed by atoms with E-state index in [9.17, 15) is 14.9 Å². The quantitative estimate of drug-likeness (QED) is 0.504. The van der Waals surface area contributed by atoms with E-state index in [4.69, 9.17) is 9.47 Å². The van der Waals surface area contributed by atoms with Gasteiger partial charge in [-0.15, -0.1) is 0 Å². The molecular weight excluding hydrogens is 402 g/mol. The fourth-order valence-corrected chi connectivity index (χ4v) is 3.29. The predicted molar refractivity (Wildman–Crippen MR) is 111 cm³/mol. The number of methoxy groups -OCH3 is 1. The summed E-state index contributed by atoms with van der Waals surface area (Å²) < 4.78 is 10.9. The van der Waals surface area contributed by atoms with Crippen LogP contribution >= 0.6 is 0 Å². The van der Waals surface area contributed by atoms with Crippen molar-refractivity contribution in [2.45, 2.75) is 6.54 Å². The molecule has 0 unspecified atom stereocenters. The van der Waals surface area contributed by atoms with Crippen molar-refractivity contribution in [1.29, 1.82) is 0 Å². The molecule has 0 atom stereocenters. The molecule has 1 aromatic heterocycles. The Bertz CT molecular complexity index is 1140. The lowest BCUT2D eigenvalue weighted by Gasteiger charge is -2.25. The van der Waals surface area contributed by atoms with Crippen molar-refractivity contribution in [3.05, 3.63) is 76.1 Å². The number of fused-ring (bicyclic) bond motifs is 2. The van der Waals surface area contributed by atoms with Crippen LogP contribution in [0.15, 0.2) is 54.9 Å². The number of amides is 1. The van der Waals surface area contributed by atoms with Crippen LogP contribution in [0.4, 0.5) is 11.5 Å². The van der Waals surface area contributed by atoms with Crippen molar-refractivity contribution in [3.63, 3.8) is 0 Å². The average Bonchev–Trinajstić information content (AvgIpc) is 2.79. The number of carbonyl (C=O) groups is 1. The standard InChI is InChI=1S/C21H19N5O5/c1-30-18-7-6-14(12-16(18)26(28)29)13-25-11-10-23-19-20(24-9-8-22-19)31-17-5-3-2-4-15(17)21(25)27/h2-9,12H,10-11,13H2,1H3,(H,22,23). The highest BCUT2D eigenvalue weighted by molar-refractivity contribution is 5.97. The summed E-state index contributed by atoms with van der Waals surface area (Å²) in [7, 11) is 1.37. The highest BCUT2D eigenvalue weighted by atomic mass is 16.6. The summed E-state index contributed by atoms with van der Waals surface area (Å²) in [5.74, 6) is 0.997. The maximum absolute atomic E-state index is 13.3. The van der Waals surface area contributed by atoms with E-state index in [1.165, 1.54) is 25.4 Å². The minimum absolute atomic E-state index is 0.153. The van der Waals surface area contributed by atoms with E-state index in [-0.39, 0.29) is 29.8 Å². The van der Waals surface area contributed by atoms with E-state index in [2.05, 4.69) is 15.3 Å². The molecule has 0 fully saturated rings. The summed E-state index contributed by atoms with van der Waals surface area (Å²) in [5.41, 5.74) is 0.820. The third-order valence-electron chi connectivity index (χ3n) is 4.76. The SMILES string of the molecule is COc1ccc(CN2CCNc3nccnc3Oc3ccccc3C2=O)cc1[N+](=O)[O-]. The molecule has 4 rings (SSSR count). The molecule has 1 amide bonds. The first-order valence-corrected chi connectivity index (χ1v) is 9.49. The predicted octanol–water partition coefficient (Wildman–Crippen LogP) is 3.25. The highest BCUT2D eigenvalue weighted by Crippen LogP contribution is 2.31. The van der Waals surface area contributed by atoms with Gasteiger partial charge in [0.2, 0.25) is 0 Å². The zero-order valence-electron chi connectivity index (χ0n) is 16.6. The van der Waals surface area contributed by atoms with Gasteiger partial charge in [-0.05, 0) is 23.8 Å². The van der Waals surface area contributed by atoms with Crippen LogP contribution in [-0.2, 0) is 6.54 Å². The summed E-state index contributed by atoms with van der Waals surface area (Å²) in [4.78, 5) is 34.2. The third kappa shape index (κ3) is 4.22. The van der Waals surface area contributed by atoms with Crippen molar-refractivity contribution in [2.75, 3.05) is 25.5 Å². The number of ether oxygens (including phenoxy) is 2. The molecule has 158 valence electrons. The Hall–Kier alpha value is -4.21. The molecular formula is C21H19N5O5. The largest absolute Gasteiger partial charge is 0.490 e. The van der Waals surface area contributed by atoms with Crippen LogP contribution in [0.5, 0.6) is 17.4 Å². The second-order valence-electron chi connectivity index (χ2n) is 6.73. The topological polar surface area (TPSA) is 120 Å². The first-order valence-electron chi connectivity index (χ1n) is 9.49. The van der Waals surface area contributed by atoms with Crippen LogP contribution in [0.1, 0.15) is 15.9 Å². The number of hydrogen-bond donors (Lipinski definition) is 1. The minimum Gasteiger partial charge on any atom is -0.490 e. The maximum Gasteiger partial charge on any atom is 0.311 e. The van der Waals surface area contributed by atoms with Gasteiger partial charge in [0, 0.05) is 38.1 Å². The first-order chi connectivity index (χ1) is 15.1. The number of rotatable bonds is 4. The number of para-hydroxylation sites is 1. The number of nitrogens with one attached hydrogen (secondary N) is 1. The molecule has 0 saturated carbocycles. The molecule has 2 heterocycles. The molecule has 0 radical (unpaired) electrons. The van der Waals surface area contributed by atoms with E-state index in [1.807, 2.05) is 0 Å². The number of nitrogens with zero attached hydrogens (tertiary/aromatic N) is 4. The molecule has 0 aliphatic carbocycles. The van der Waals surface area contributed by atoms with Crippen LogP contribution < -0.4 is 14.8 Å². The van der Waals surface area contributed by atoms with Gasteiger partial charge in [0.05, 0.1) is 17.6 Å². The van der Waals surface area contributed by atoms with Crippen LogP contribution in [0.2, 0.25) is 0 Å². The van der Waals surface area contributed by atoms with E-state index >= 15 is 0 Å². The lowest BCUT2D eigenvalue weighted by molar-refractivity contribution is -0.385. The number of hydrogen-bond acceptors (Lipinski definition) is 8.